The highest BCUT2D eigenvalue weighted by Gasteiger charge is 2.12. The van der Waals surface area contributed by atoms with Gasteiger partial charge in [0.1, 0.15) is 0 Å². The van der Waals surface area contributed by atoms with Crippen LogP contribution in [0.5, 0.6) is 0 Å². The second kappa shape index (κ2) is 5.84. The summed E-state index contributed by atoms with van der Waals surface area (Å²) < 4.78 is 0. The molecule has 1 heterocycles. The van der Waals surface area contributed by atoms with Crippen molar-refractivity contribution in [1.29, 1.82) is 0 Å². The minimum Gasteiger partial charge on any atom is -0.330 e. The molecule has 0 unspecified atom stereocenters. The largest absolute Gasteiger partial charge is 0.330 e. The van der Waals surface area contributed by atoms with Gasteiger partial charge in [-0.1, -0.05) is 48.0 Å². The highest BCUT2D eigenvalue weighted by atomic mass is 35.5. The van der Waals surface area contributed by atoms with Crippen LogP contribution in [0.2, 0.25) is 5.02 Å². The number of hydrogen-bond acceptors (Lipinski definition) is 2. The van der Waals surface area contributed by atoms with Crippen LogP contribution in [0.1, 0.15) is 11.1 Å². The smallest absolute Gasteiger partial charge is 0.0757 e. The van der Waals surface area contributed by atoms with E-state index in [0.717, 1.165) is 39.2 Å². The number of pyridine rings is 1. The topological polar surface area (TPSA) is 38.9 Å². The molecule has 0 aliphatic rings. The van der Waals surface area contributed by atoms with E-state index < -0.39 is 0 Å². The lowest BCUT2D eigenvalue weighted by molar-refractivity contribution is 0.965. The van der Waals surface area contributed by atoms with E-state index in [2.05, 4.69) is 31.2 Å². The maximum atomic E-state index is 6.35. The predicted octanol–water partition coefficient (Wildman–Crippen LogP) is 4.36. The average molecular weight is 297 g/mol. The highest BCUT2D eigenvalue weighted by molar-refractivity contribution is 6.33. The number of hydrogen-bond donors (Lipinski definition) is 1. The molecule has 1 aromatic heterocycles. The third-order valence-electron chi connectivity index (χ3n) is 3.67. The van der Waals surface area contributed by atoms with Gasteiger partial charge in [0.05, 0.1) is 11.2 Å². The molecule has 0 atom stereocenters. The van der Waals surface area contributed by atoms with Crippen LogP contribution in [0.3, 0.4) is 0 Å². The molecule has 0 fully saturated rings. The van der Waals surface area contributed by atoms with Crippen LogP contribution < -0.4 is 5.73 Å². The van der Waals surface area contributed by atoms with Crippen LogP contribution in [0.25, 0.3) is 22.2 Å². The lowest BCUT2D eigenvalue weighted by Gasteiger charge is -2.12. The predicted molar refractivity (Wildman–Crippen MR) is 89.7 cm³/mol. The van der Waals surface area contributed by atoms with Gasteiger partial charge in [0.25, 0.3) is 0 Å². The zero-order chi connectivity index (χ0) is 14.8. The normalized spacial score (nSPS) is 11.0. The molecule has 0 aliphatic heterocycles. The number of aromatic nitrogens is 1. The van der Waals surface area contributed by atoms with E-state index in [-0.39, 0.29) is 0 Å². The fraction of sp³-hybridized carbons (Fsp3) is 0.167. The zero-order valence-electron chi connectivity index (χ0n) is 11.9. The number of nitrogens with zero attached hydrogens (tertiary/aromatic N) is 1. The average Bonchev–Trinajstić information content (AvgIpc) is 2.48. The second-order valence-corrected chi connectivity index (χ2v) is 5.57. The van der Waals surface area contributed by atoms with Crippen LogP contribution in [0, 0.1) is 6.92 Å². The SMILES string of the molecule is Cc1cccc2cc(CCN)c(-c3ccccc3Cl)nc12. The molecule has 2 N–H and O–H groups in total. The van der Waals surface area contributed by atoms with Crippen molar-refractivity contribution in [2.24, 2.45) is 5.73 Å². The monoisotopic (exact) mass is 296 g/mol. The van der Waals surface area contributed by atoms with Crippen molar-refractivity contribution in [3.8, 4) is 11.3 Å². The maximum Gasteiger partial charge on any atom is 0.0757 e. The van der Waals surface area contributed by atoms with Gasteiger partial charge >= 0.3 is 0 Å². The molecular weight excluding hydrogens is 280 g/mol. The Morgan fingerprint density at radius 1 is 1.10 bits per heavy atom. The number of rotatable bonds is 3. The minimum atomic E-state index is 0.594. The fourth-order valence-corrected chi connectivity index (χ4v) is 2.85. The molecule has 3 heteroatoms. The van der Waals surface area contributed by atoms with Crippen LogP contribution in [0.4, 0.5) is 0 Å². The zero-order valence-corrected chi connectivity index (χ0v) is 12.7. The van der Waals surface area contributed by atoms with Crippen molar-refractivity contribution < 1.29 is 0 Å². The molecule has 0 amide bonds. The summed E-state index contributed by atoms with van der Waals surface area (Å²) in [5.74, 6) is 0. The Labute approximate surface area is 129 Å². The van der Waals surface area contributed by atoms with Gasteiger partial charge in [-0.3, -0.25) is 0 Å². The molecule has 0 bridgehead atoms. The van der Waals surface area contributed by atoms with E-state index in [9.17, 15) is 0 Å². The molecule has 0 saturated heterocycles. The van der Waals surface area contributed by atoms with Gasteiger partial charge in [0, 0.05) is 16.0 Å². The summed E-state index contributed by atoms with van der Waals surface area (Å²) in [6.07, 6.45) is 0.789. The lowest BCUT2D eigenvalue weighted by Crippen LogP contribution is -2.05. The van der Waals surface area contributed by atoms with E-state index in [1.165, 1.54) is 5.56 Å². The van der Waals surface area contributed by atoms with Gasteiger partial charge in [-0.05, 0) is 43.1 Å². The van der Waals surface area contributed by atoms with Gasteiger partial charge in [-0.15, -0.1) is 0 Å². The lowest BCUT2D eigenvalue weighted by atomic mass is 10.00. The number of nitrogens with two attached hydrogens (primary N) is 1. The van der Waals surface area contributed by atoms with Gasteiger partial charge in [-0.25, -0.2) is 4.98 Å². The first-order chi connectivity index (χ1) is 10.2. The van der Waals surface area contributed by atoms with Crippen LogP contribution in [0.15, 0.2) is 48.5 Å². The number of halogens is 1. The first kappa shape index (κ1) is 14.1. The van der Waals surface area contributed by atoms with Crippen molar-refractivity contribution in [2.75, 3.05) is 6.54 Å². The molecule has 0 spiro atoms. The summed E-state index contributed by atoms with van der Waals surface area (Å²) in [4.78, 5) is 4.88. The standard InChI is InChI=1S/C18H17ClN2/c1-12-5-4-6-13-11-14(9-10-20)18(21-17(12)13)15-7-2-3-8-16(15)19/h2-8,11H,9-10,20H2,1H3. The van der Waals surface area contributed by atoms with Crippen LogP contribution in [-0.4, -0.2) is 11.5 Å². The minimum absolute atomic E-state index is 0.594. The Morgan fingerprint density at radius 3 is 2.67 bits per heavy atom. The van der Waals surface area contributed by atoms with Crippen molar-refractivity contribution >= 4 is 22.5 Å². The summed E-state index contributed by atoms with van der Waals surface area (Å²) in [7, 11) is 0. The number of para-hydroxylation sites is 1. The van der Waals surface area contributed by atoms with E-state index in [1.54, 1.807) is 0 Å². The Hall–Kier alpha value is -1.90. The van der Waals surface area contributed by atoms with Crippen LogP contribution in [-0.2, 0) is 6.42 Å². The Morgan fingerprint density at radius 2 is 1.90 bits per heavy atom. The fourth-order valence-electron chi connectivity index (χ4n) is 2.62. The van der Waals surface area contributed by atoms with E-state index in [1.807, 2.05) is 24.3 Å². The van der Waals surface area contributed by atoms with E-state index in [0.29, 0.717) is 6.54 Å². The van der Waals surface area contributed by atoms with Crippen molar-refractivity contribution in [1.82, 2.24) is 4.98 Å². The third-order valence-corrected chi connectivity index (χ3v) is 4.00. The van der Waals surface area contributed by atoms with Gasteiger partial charge in [-0.2, -0.15) is 0 Å². The van der Waals surface area contributed by atoms with E-state index >= 15 is 0 Å². The summed E-state index contributed by atoms with van der Waals surface area (Å²) in [6.45, 7) is 2.67. The van der Waals surface area contributed by atoms with Crippen molar-refractivity contribution in [2.45, 2.75) is 13.3 Å². The molecule has 3 aromatic rings. The summed E-state index contributed by atoms with van der Waals surface area (Å²) in [5.41, 5.74) is 11.0. The molecule has 0 radical (unpaired) electrons. The van der Waals surface area contributed by atoms with Crippen LogP contribution >= 0.6 is 11.6 Å². The number of aryl methyl sites for hydroxylation is 1. The van der Waals surface area contributed by atoms with Gasteiger partial charge in [0.15, 0.2) is 0 Å². The van der Waals surface area contributed by atoms with Gasteiger partial charge < -0.3 is 5.73 Å². The molecule has 2 nitrogen and oxygen atoms in total. The second-order valence-electron chi connectivity index (χ2n) is 5.16. The molecule has 21 heavy (non-hydrogen) atoms. The maximum absolute atomic E-state index is 6.35. The molecule has 3 rings (SSSR count). The highest BCUT2D eigenvalue weighted by Crippen LogP contribution is 2.31. The van der Waals surface area contributed by atoms with Crippen molar-refractivity contribution in [3.63, 3.8) is 0 Å². The Balaban J connectivity index is 2.31. The summed E-state index contributed by atoms with van der Waals surface area (Å²) in [5, 5.41) is 1.87. The van der Waals surface area contributed by atoms with Crippen molar-refractivity contribution in [3.05, 3.63) is 64.7 Å². The molecule has 106 valence electrons. The number of benzene rings is 2. The first-order valence-corrected chi connectivity index (χ1v) is 7.42. The Kier molecular flexibility index (Phi) is 3.91. The third kappa shape index (κ3) is 2.65. The first-order valence-electron chi connectivity index (χ1n) is 7.05. The molecule has 2 aromatic carbocycles. The molecule has 0 aliphatic carbocycles. The molecule has 0 saturated carbocycles. The summed E-state index contributed by atoms with van der Waals surface area (Å²) >= 11 is 6.35. The number of fused-ring (bicyclic) bond motifs is 1. The van der Waals surface area contributed by atoms with Gasteiger partial charge in [0.2, 0.25) is 0 Å². The molecular formula is C18H17ClN2. The Bertz CT molecular complexity index is 796. The quantitative estimate of drug-likeness (QED) is 0.779. The summed E-state index contributed by atoms with van der Waals surface area (Å²) in [6, 6.07) is 16.2. The van der Waals surface area contributed by atoms with E-state index in [4.69, 9.17) is 22.3 Å².